The van der Waals surface area contributed by atoms with Gasteiger partial charge in [0.15, 0.2) is 0 Å². The van der Waals surface area contributed by atoms with Crippen LogP contribution in [-0.4, -0.2) is 25.4 Å². The molecule has 0 saturated carbocycles. The number of benzene rings is 1. The summed E-state index contributed by atoms with van der Waals surface area (Å²) in [5.74, 6) is 1.67. The summed E-state index contributed by atoms with van der Waals surface area (Å²) in [5, 5.41) is 0. The molecule has 1 atom stereocenters. The maximum atomic E-state index is 6.41. The molecule has 1 heterocycles. The van der Waals surface area contributed by atoms with E-state index < -0.39 is 0 Å². The summed E-state index contributed by atoms with van der Waals surface area (Å²) in [7, 11) is 0. The number of para-hydroxylation sites is 1. The number of hydrogen-bond acceptors (Lipinski definition) is 3. The van der Waals surface area contributed by atoms with Crippen LogP contribution in [0.4, 0.5) is 0 Å². The first kappa shape index (κ1) is 14.4. The number of hydrogen-bond donors (Lipinski definition) is 1. The van der Waals surface area contributed by atoms with Gasteiger partial charge in [-0.3, -0.25) is 0 Å². The van der Waals surface area contributed by atoms with Crippen LogP contribution in [0, 0.1) is 5.92 Å². The van der Waals surface area contributed by atoms with Crippen molar-refractivity contribution in [2.75, 3.05) is 19.8 Å². The molecule has 3 heteroatoms. The van der Waals surface area contributed by atoms with E-state index in [1.165, 1.54) is 5.56 Å². The van der Waals surface area contributed by atoms with Gasteiger partial charge in [0.05, 0.1) is 5.54 Å². The topological polar surface area (TPSA) is 44.5 Å². The molecule has 2 N–H and O–H groups in total. The second-order valence-corrected chi connectivity index (χ2v) is 5.98. The Bertz CT molecular complexity index is 405. The molecule has 0 radical (unpaired) electrons. The molecule has 0 aliphatic carbocycles. The van der Waals surface area contributed by atoms with E-state index in [4.69, 9.17) is 15.2 Å². The first-order valence-electron chi connectivity index (χ1n) is 7.16. The van der Waals surface area contributed by atoms with Crippen molar-refractivity contribution in [2.45, 2.75) is 38.6 Å². The molecular formula is C16H25NO2. The second kappa shape index (κ2) is 6.40. The van der Waals surface area contributed by atoms with Crippen LogP contribution in [0.1, 0.15) is 32.3 Å². The molecule has 1 aromatic carbocycles. The van der Waals surface area contributed by atoms with Crippen molar-refractivity contribution in [3.05, 3.63) is 29.8 Å². The van der Waals surface area contributed by atoms with Crippen molar-refractivity contribution >= 4 is 0 Å². The molecule has 0 amide bonds. The molecule has 0 saturated heterocycles. The van der Waals surface area contributed by atoms with Crippen LogP contribution in [0.25, 0.3) is 0 Å². The van der Waals surface area contributed by atoms with E-state index in [0.717, 1.165) is 38.2 Å². The van der Waals surface area contributed by atoms with Crippen molar-refractivity contribution in [2.24, 2.45) is 11.7 Å². The lowest BCUT2D eigenvalue weighted by atomic mass is 9.87. The Kier molecular flexibility index (Phi) is 4.83. The predicted molar refractivity (Wildman–Crippen MR) is 77.5 cm³/mol. The van der Waals surface area contributed by atoms with E-state index in [9.17, 15) is 0 Å². The van der Waals surface area contributed by atoms with Gasteiger partial charge < -0.3 is 15.2 Å². The van der Waals surface area contributed by atoms with Crippen LogP contribution < -0.4 is 10.5 Å². The third kappa shape index (κ3) is 4.22. The van der Waals surface area contributed by atoms with Crippen LogP contribution in [0.5, 0.6) is 5.75 Å². The largest absolute Gasteiger partial charge is 0.491 e. The van der Waals surface area contributed by atoms with E-state index in [0.29, 0.717) is 12.5 Å². The quantitative estimate of drug-likeness (QED) is 0.803. The summed E-state index contributed by atoms with van der Waals surface area (Å²) in [6.45, 7) is 6.54. The summed E-state index contributed by atoms with van der Waals surface area (Å²) in [5.41, 5.74) is 7.33. The monoisotopic (exact) mass is 263 g/mol. The molecule has 0 bridgehead atoms. The number of ether oxygens (including phenoxy) is 2. The first-order valence-corrected chi connectivity index (χ1v) is 7.16. The molecule has 1 aliphatic heterocycles. The highest BCUT2D eigenvalue weighted by atomic mass is 16.5. The lowest BCUT2D eigenvalue weighted by Crippen LogP contribution is -2.50. The van der Waals surface area contributed by atoms with Crippen molar-refractivity contribution in [3.63, 3.8) is 0 Å². The Hall–Kier alpha value is -1.06. The Morgan fingerprint density at radius 3 is 2.89 bits per heavy atom. The lowest BCUT2D eigenvalue weighted by molar-refractivity contribution is 0.0872. The van der Waals surface area contributed by atoms with Crippen molar-refractivity contribution in [1.29, 1.82) is 0 Å². The van der Waals surface area contributed by atoms with Gasteiger partial charge in [-0.15, -0.1) is 0 Å². The molecular weight excluding hydrogens is 238 g/mol. The van der Waals surface area contributed by atoms with Gasteiger partial charge in [0, 0.05) is 13.2 Å². The second-order valence-electron chi connectivity index (χ2n) is 5.98. The van der Waals surface area contributed by atoms with Crippen molar-refractivity contribution in [3.8, 4) is 5.75 Å². The molecule has 106 valence electrons. The molecule has 0 spiro atoms. The maximum Gasteiger partial charge on any atom is 0.122 e. The third-order valence-corrected chi connectivity index (χ3v) is 3.61. The Balaban J connectivity index is 1.78. The van der Waals surface area contributed by atoms with Crippen molar-refractivity contribution < 1.29 is 9.47 Å². The molecule has 2 rings (SSSR count). The fourth-order valence-corrected chi connectivity index (χ4v) is 2.30. The fraction of sp³-hybridized carbons (Fsp3) is 0.625. The zero-order valence-electron chi connectivity index (χ0n) is 12.0. The number of rotatable bonds is 6. The molecule has 0 aromatic heterocycles. The van der Waals surface area contributed by atoms with E-state index in [1.807, 2.05) is 18.2 Å². The normalized spacial score (nSPS) is 22.1. The molecule has 1 unspecified atom stereocenters. The van der Waals surface area contributed by atoms with Gasteiger partial charge in [-0.2, -0.15) is 0 Å². The van der Waals surface area contributed by atoms with Crippen LogP contribution >= 0.6 is 0 Å². The lowest BCUT2D eigenvalue weighted by Gasteiger charge is -2.34. The number of fused-ring (bicyclic) bond motifs is 1. The van der Waals surface area contributed by atoms with E-state index in [-0.39, 0.29) is 5.54 Å². The van der Waals surface area contributed by atoms with Crippen LogP contribution in [-0.2, 0) is 11.2 Å². The van der Waals surface area contributed by atoms with Crippen LogP contribution in [0.15, 0.2) is 24.3 Å². The average molecular weight is 263 g/mol. The molecule has 3 nitrogen and oxygen atoms in total. The number of nitrogens with two attached hydrogens (primary N) is 1. The summed E-state index contributed by atoms with van der Waals surface area (Å²) in [6, 6.07) is 8.13. The highest BCUT2D eigenvalue weighted by molar-refractivity contribution is 5.36. The van der Waals surface area contributed by atoms with Gasteiger partial charge >= 0.3 is 0 Å². The zero-order chi connectivity index (χ0) is 13.7. The minimum Gasteiger partial charge on any atom is -0.491 e. The van der Waals surface area contributed by atoms with Gasteiger partial charge in [-0.25, -0.2) is 0 Å². The Labute approximate surface area is 116 Å². The van der Waals surface area contributed by atoms with E-state index in [2.05, 4.69) is 19.9 Å². The summed E-state index contributed by atoms with van der Waals surface area (Å²) >= 11 is 0. The first-order chi connectivity index (χ1) is 9.09. The average Bonchev–Trinajstić information content (AvgIpc) is 2.38. The minimum atomic E-state index is -0.286. The van der Waals surface area contributed by atoms with Crippen LogP contribution in [0.3, 0.4) is 0 Å². The summed E-state index contributed by atoms with van der Waals surface area (Å²) < 4.78 is 11.4. The highest BCUT2D eigenvalue weighted by Crippen LogP contribution is 2.29. The molecule has 0 fully saturated rings. The molecule has 1 aliphatic rings. The SMILES string of the molecule is CC(C)CCOCCC1(N)COc2ccccc2C1. The van der Waals surface area contributed by atoms with Gasteiger partial charge in [0.1, 0.15) is 12.4 Å². The molecule has 1 aromatic rings. The van der Waals surface area contributed by atoms with E-state index >= 15 is 0 Å². The standard InChI is InChI=1S/C16H25NO2/c1-13(2)7-9-18-10-8-16(17)11-14-5-3-4-6-15(14)19-12-16/h3-6,13H,7-12,17H2,1-2H3. The van der Waals surface area contributed by atoms with Gasteiger partial charge in [0.25, 0.3) is 0 Å². The summed E-state index contributed by atoms with van der Waals surface area (Å²) in [4.78, 5) is 0. The smallest absolute Gasteiger partial charge is 0.122 e. The molecule has 19 heavy (non-hydrogen) atoms. The van der Waals surface area contributed by atoms with Crippen molar-refractivity contribution in [1.82, 2.24) is 0 Å². The highest BCUT2D eigenvalue weighted by Gasteiger charge is 2.31. The fourth-order valence-electron chi connectivity index (χ4n) is 2.30. The minimum absolute atomic E-state index is 0.286. The third-order valence-electron chi connectivity index (χ3n) is 3.61. The van der Waals surface area contributed by atoms with Gasteiger partial charge in [-0.1, -0.05) is 32.0 Å². The Morgan fingerprint density at radius 1 is 1.32 bits per heavy atom. The van der Waals surface area contributed by atoms with Crippen LogP contribution in [0.2, 0.25) is 0 Å². The van der Waals surface area contributed by atoms with Gasteiger partial charge in [0.2, 0.25) is 0 Å². The van der Waals surface area contributed by atoms with E-state index in [1.54, 1.807) is 0 Å². The van der Waals surface area contributed by atoms with Gasteiger partial charge in [-0.05, 0) is 36.8 Å². The zero-order valence-corrected chi connectivity index (χ0v) is 12.0. The Morgan fingerprint density at radius 2 is 2.11 bits per heavy atom. The predicted octanol–water partition coefficient (Wildman–Crippen LogP) is 2.77. The summed E-state index contributed by atoms with van der Waals surface area (Å²) in [6.07, 6.45) is 2.83. The maximum absolute atomic E-state index is 6.41.